The molecule has 3 rings (SSSR count). The molecule has 1 unspecified atom stereocenters. The first kappa shape index (κ1) is 14.3. The second-order valence-electron chi connectivity index (χ2n) is 5.43. The predicted octanol–water partition coefficient (Wildman–Crippen LogP) is 2.62. The van der Waals surface area contributed by atoms with Gasteiger partial charge in [-0.1, -0.05) is 17.7 Å². The molecule has 0 aliphatic carbocycles. The standard InChI is InChI=1S/C16H18ClN3O/c17-13-8-12-2-1-5-19-15(12)14(9-13)16(21)20-7-4-11-3-6-18-10-11/h1-2,5,8-9,11,18H,3-4,6-7,10H2,(H,20,21). The summed E-state index contributed by atoms with van der Waals surface area (Å²) in [6.07, 6.45) is 3.89. The van der Waals surface area contributed by atoms with Crippen LogP contribution in [0, 0.1) is 5.92 Å². The van der Waals surface area contributed by atoms with Crippen LogP contribution in [-0.2, 0) is 0 Å². The zero-order chi connectivity index (χ0) is 14.7. The predicted molar refractivity (Wildman–Crippen MR) is 84.7 cm³/mol. The van der Waals surface area contributed by atoms with Gasteiger partial charge in [-0.2, -0.15) is 0 Å². The van der Waals surface area contributed by atoms with E-state index in [-0.39, 0.29) is 5.91 Å². The lowest BCUT2D eigenvalue weighted by molar-refractivity contribution is 0.0953. The molecule has 0 spiro atoms. The van der Waals surface area contributed by atoms with E-state index in [0.717, 1.165) is 24.9 Å². The highest BCUT2D eigenvalue weighted by atomic mass is 35.5. The SMILES string of the molecule is O=C(NCCC1CCNC1)c1cc(Cl)cc2cccnc12. The first-order valence-electron chi connectivity index (χ1n) is 7.27. The van der Waals surface area contributed by atoms with E-state index in [4.69, 9.17) is 11.6 Å². The normalized spacial score (nSPS) is 18.0. The van der Waals surface area contributed by atoms with Gasteiger partial charge in [0, 0.05) is 23.2 Å². The minimum absolute atomic E-state index is 0.104. The molecule has 1 atom stereocenters. The van der Waals surface area contributed by atoms with Crippen LogP contribution in [0.25, 0.3) is 10.9 Å². The molecule has 1 saturated heterocycles. The van der Waals surface area contributed by atoms with Crippen LogP contribution in [0.15, 0.2) is 30.5 Å². The van der Waals surface area contributed by atoms with Crippen molar-refractivity contribution in [3.8, 4) is 0 Å². The molecule has 110 valence electrons. The number of carbonyl (C=O) groups excluding carboxylic acids is 1. The molecule has 1 aliphatic heterocycles. The summed E-state index contributed by atoms with van der Waals surface area (Å²) in [4.78, 5) is 16.7. The molecule has 1 aromatic carbocycles. The fourth-order valence-electron chi connectivity index (χ4n) is 2.77. The number of pyridine rings is 1. The van der Waals surface area contributed by atoms with Gasteiger partial charge in [0.2, 0.25) is 0 Å². The van der Waals surface area contributed by atoms with Crippen LogP contribution in [0.2, 0.25) is 5.02 Å². The summed E-state index contributed by atoms with van der Waals surface area (Å²) in [5, 5.41) is 7.75. The minimum Gasteiger partial charge on any atom is -0.352 e. The van der Waals surface area contributed by atoms with E-state index < -0.39 is 0 Å². The summed E-state index contributed by atoms with van der Waals surface area (Å²) in [6, 6.07) is 7.26. The zero-order valence-electron chi connectivity index (χ0n) is 11.7. The molecule has 1 aromatic heterocycles. The molecule has 21 heavy (non-hydrogen) atoms. The van der Waals surface area contributed by atoms with Gasteiger partial charge in [-0.05, 0) is 50.0 Å². The Morgan fingerprint density at radius 1 is 1.48 bits per heavy atom. The number of nitrogens with one attached hydrogen (secondary N) is 2. The van der Waals surface area contributed by atoms with Crippen LogP contribution in [0.5, 0.6) is 0 Å². The van der Waals surface area contributed by atoms with Crippen molar-refractivity contribution in [3.63, 3.8) is 0 Å². The van der Waals surface area contributed by atoms with Gasteiger partial charge in [0.25, 0.3) is 5.91 Å². The molecular weight excluding hydrogens is 286 g/mol. The van der Waals surface area contributed by atoms with Gasteiger partial charge in [0.1, 0.15) is 0 Å². The van der Waals surface area contributed by atoms with Crippen molar-refractivity contribution in [2.75, 3.05) is 19.6 Å². The molecule has 1 aliphatic rings. The number of aromatic nitrogens is 1. The summed E-state index contributed by atoms with van der Waals surface area (Å²) in [6.45, 7) is 2.82. The number of hydrogen-bond acceptors (Lipinski definition) is 3. The maximum absolute atomic E-state index is 12.4. The van der Waals surface area contributed by atoms with E-state index in [1.807, 2.05) is 18.2 Å². The van der Waals surface area contributed by atoms with Crippen LogP contribution < -0.4 is 10.6 Å². The van der Waals surface area contributed by atoms with Gasteiger partial charge in [-0.25, -0.2) is 0 Å². The van der Waals surface area contributed by atoms with E-state index in [9.17, 15) is 4.79 Å². The monoisotopic (exact) mass is 303 g/mol. The Hall–Kier alpha value is -1.65. The first-order valence-corrected chi connectivity index (χ1v) is 7.65. The van der Waals surface area contributed by atoms with Crippen molar-refractivity contribution in [1.82, 2.24) is 15.6 Å². The van der Waals surface area contributed by atoms with Crippen LogP contribution in [-0.4, -0.2) is 30.5 Å². The Balaban J connectivity index is 1.71. The number of fused-ring (bicyclic) bond motifs is 1. The average molecular weight is 304 g/mol. The molecule has 5 heteroatoms. The van der Waals surface area contributed by atoms with E-state index in [1.54, 1.807) is 12.3 Å². The lowest BCUT2D eigenvalue weighted by Crippen LogP contribution is -2.26. The summed E-state index contributed by atoms with van der Waals surface area (Å²) in [7, 11) is 0. The van der Waals surface area contributed by atoms with Crippen LogP contribution >= 0.6 is 11.6 Å². The van der Waals surface area contributed by atoms with Crippen LogP contribution in [0.4, 0.5) is 0 Å². The third-order valence-corrected chi connectivity index (χ3v) is 4.13. The quantitative estimate of drug-likeness (QED) is 0.913. The fraction of sp³-hybridized carbons (Fsp3) is 0.375. The minimum atomic E-state index is -0.104. The smallest absolute Gasteiger partial charge is 0.253 e. The van der Waals surface area contributed by atoms with Crippen molar-refractivity contribution in [2.45, 2.75) is 12.8 Å². The lowest BCUT2D eigenvalue weighted by Gasteiger charge is -2.11. The number of amides is 1. The molecule has 1 amide bonds. The highest BCUT2D eigenvalue weighted by Gasteiger charge is 2.16. The summed E-state index contributed by atoms with van der Waals surface area (Å²) < 4.78 is 0. The van der Waals surface area contributed by atoms with Gasteiger partial charge in [0.15, 0.2) is 0 Å². The second-order valence-corrected chi connectivity index (χ2v) is 5.87. The molecule has 2 heterocycles. The fourth-order valence-corrected chi connectivity index (χ4v) is 3.00. The average Bonchev–Trinajstić information content (AvgIpc) is 2.99. The highest BCUT2D eigenvalue weighted by Crippen LogP contribution is 2.22. The Bertz CT molecular complexity index is 653. The van der Waals surface area contributed by atoms with Crippen molar-refractivity contribution in [3.05, 3.63) is 41.0 Å². The van der Waals surface area contributed by atoms with Gasteiger partial charge in [-0.3, -0.25) is 9.78 Å². The number of nitrogens with zero attached hydrogens (tertiary/aromatic N) is 1. The Morgan fingerprint density at radius 2 is 2.38 bits per heavy atom. The van der Waals surface area contributed by atoms with Crippen molar-refractivity contribution < 1.29 is 4.79 Å². The maximum atomic E-state index is 12.4. The topological polar surface area (TPSA) is 54.0 Å². The molecule has 2 aromatic rings. The summed E-state index contributed by atoms with van der Waals surface area (Å²) in [5.74, 6) is 0.562. The van der Waals surface area contributed by atoms with E-state index in [0.29, 0.717) is 28.6 Å². The third-order valence-electron chi connectivity index (χ3n) is 3.91. The number of benzene rings is 1. The molecule has 4 nitrogen and oxygen atoms in total. The summed E-state index contributed by atoms with van der Waals surface area (Å²) in [5.41, 5.74) is 1.24. The lowest BCUT2D eigenvalue weighted by atomic mass is 10.0. The van der Waals surface area contributed by atoms with Gasteiger partial charge in [-0.15, -0.1) is 0 Å². The number of rotatable bonds is 4. The van der Waals surface area contributed by atoms with E-state index in [1.165, 1.54) is 6.42 Å². The molecule has 0 bridgehead atoms. The number of carbonyl (C=O) groups is 1. The van der Waals surface area contributed by atoms with Crippen molar-refractivity contribution >= 4 is 28.4 Å². The number of halogens is 1. The number of hydrogen-bond donors (Lipinski definition) is 2. The van der Waals surface area contributed by atoms with E-state index in [2.05, 4.69) is 15.6 Å². The second kappa shape index (κ2) is 6.41. The van der Waals surface area contributed by atoms with Gasteiger partial charge >= 0.3 is 0 Å². The highest BCUT2D eigenvalue weighted by molar-refractivity contribution is 6.32. The zero-order valence-corrected chi connectivity index (χ0v) is 12.5. The van der Waals surface area contributed by atoms with Crippen LogP contribution in [0.3, 0.4) is 0 Å². The Labute approximate surface area is 128 Å². The molecule has 0 radical (unpaired) electrons. The molecule has 1 fully saturated rings. The van der Waals surface area contributed by atoms with Crippen molar-refractivity contribution in [2.24, 2.45) is 5.92 Å². The third kappa shape index (κ3) is 3.34. The first-order chi connectivity index (χ1) is 10.2. The van der Waals surface area contributed by atoms with Gasteiger partial charge < -0.3 is 10.6 Å². The molecule has 0 saturated carbocycles. The largest absolute Gasteiger partial charge is 0.352 e. The van der Waals surface area contributed by atoms with Gasteiger partial charge in [0.05, 0.1) is 11.1 Å². The molecular formula is C16H18ClN3O. The van der Waals surface area contributed by atoms with Crippen molar-refractivity contribution in [1.29, 1.82) is 0 Å². The van der Waals surface area contributed by atoms with Crippen LogP contribution in [0.1, 0.15) is 23.2 Å². The summed E-state index contributed by atoms with van der Waals surface area (Å²) >= 11 is 6.09. The Kier molecular flexibility index (Phi) is 4.36. The maximum Gasteiger partial charge on any atom is 0.253 e. The van der Waals surface area contributed by atoms with E-state index >= 15 is 0 Å². The molecule has 2 N–H and O–H groups in total. The Morgan fingerprint density at radius 3 is 3.19 bits per heavy atom.